The van der Waals surface area contributed by atoms with Gasteiger partial charge in [0.05, 0.1) is 0 Å². The molecule has 0 heterocycles. The highest BCUT2D eigenvalue weighted by Crippen LogP contribution is 2.17. The number of carbonyl (C=O) groups is 2. The summed E-state index contributed by atoms with van der Waals surface area (Å²) in [6.07, 6.45) is -0.194. The SMILES string of the molecule is N[C@](CCC(=O)OCc1ccccc1)(Nc1ccccc1)C(=O)O. The Bertz CT molecular complexity index is 676. The van der Waals surface area contributed by atoms with Crippen molar-refractivity contribution in [1.82, 2.24) is 0 Å². The van der Waals surface area contributed by atoms with Gasteiger partial charge in [-0.3, -0.25) is 10.5 Å². The van der Waals surface area contributed by atoms with Gasteiger partial charge in [-0.2, -0.15) is 0 Å². The van der Waals surface area contributed by atoms with E-state index in [0.717, 1.165) is 5.56 Å². The number of anilines is 1. The smallest absolute Gasteiger partial charge is 0.344 e. The average Bonchev–Trinajstić information content (AvgIpc) is 2.60. The number of ether oxygens (including phenoxy) is 1. The second-order valence-corrected chi connectivity index (χ2v) is 5.41. The molecule has 2 aromatic carbocycles. The quantitative estimate of drug-likeness (QED) is 0.508. The lowest BCUT2D eigenvalue weighted by Gasteiger charge is -2.26. The van der Waals surface area contributed by atoms with Crippen LogP contribution in [0.3, 0.4) is 0 Å². The number of carboxylic acid groups (broad SMARTS) is 1. The Labute approximate surface area is 140 Å². The number of carbonyl (C=O) groups excluding carboxylic acids is 1. The Morgan fingerprint density at radius 2 is 1.62 bits per heavy atom. The third kappa shape index (κ3) is 5.10. The molecule has 126 valence electrons. The number of carboxylic acids is 1. The van der Waals surface area contributed by atoms with E-state index in [2.05, 4.69) is 5.32 Å². The minimum atomic E-state index is -1.74. The number of para-hydroxylation sites is 1. The van der Waals surface area contributed by atoms with Gasteiger partial charge in [0.15, 0.2) is 5.66 Å². The zero-order valence-electron chi connectivity index (χ0n) is 13.1. The maximum Gasteiger partial charge on any atom is 0.344 e. The van der Waals surface area contributed by atoms with Gasteiger partial charge in [0.25, 0.3) is 0 Å². The second-order valence-electron chi connectivity index (χ2n) is 5.41. The van der Waals surface area contributed by atoms with Gasteiger partial charge in [-0.15, -0.1) is 0 Å². The van der Waals surface area contributed by atoms with E-state index in [-0.39, 0.29) is 19.4 Å². The summed E-state index contributed by atoms with van der Waals surface area (Å²) in [5, 5.41) is 12.1. The number of hydrogen-bond donors (Lipinski definition) is 3. The number of rotatable bonds is 8. The first-order chi connectivity index (χ1) is 11.5. The maximum absolute atomic E-state index is 11.8. The number of esters is 1. The van der Waals surface area contributed by atoms with E-state index < -0.39 is 17.6 Å². The molecule has 0 aliphatic heterocycles. The van der Waals surface area contributed by atoms with E-state index in [1.807, 2.05) is 36.4 Å². The Morgan fingerprint density at radius 3 is 2.21 bits per heavy atom. The van der Waals surface area contributed by atoms with Crippen LogP contribution in [0.4, 0.5) is 5.69 Å². The van der Waals surface area contributed by atoms with Crippen LogP contribution in [0.2, 0.25) is 0 Å². The zero-order chi connectivity index (χ0) is 17.4. The molecule has 0 aromatic heterocycles. The van der Waals surface area contributed by atoms with Gasteiger partial charge in [-0.05, 0) is 17.7 Å². The van der Waals surface area contributed by atoms with Crippen molar-refractivity contribution in [2.45, 2.75) is 25.1 Å². The van der Waals surface area contributed by atoms with Crippen LogP contribution in [0.5, 0.6) is 0 Å². The molecule has 6 heteroatoms. The van der Waals surface area contributed by atoms with E-state index in [4.69, 9.17) is 10.5 Å². The molecule has 24 heavy (non-hydrogen) atoms. The summed E-state index contributed by atoms with van der Waals surface area (Å²) >= 11 is 0. The van der Waals surface area contributed by atoms with E-state index in [9.17, 15) is 14.7 Å². The number of nitrogens with two attached hydrogens (primary N) is 1. The Hall–Kier alpha value is -2.86. The van der Waals surface area contributed by atoms with Crippen molar-refractivity contribution >= 4 is 17.6 Å². The fourth-order valence-electron chi connectivity index (χ4n) is 2.11. The van der Waals surface area contributed by atoms with Crippen molar-refractivity contribution in [3.05, 3.63) is 66.2 Å². The van der Waals surface area contributed by atoms with Crippen molar-refractivity contribution in [3.63, 3.8) is 0 Å². The first kappa shape index (κ1) is 17.5. The number of nitrogens with one attached hydrogen (secondary N) is 1. The van der Waals surface area contributed by atoms with Crippen molar-refractivity contribution in [2.75, 3.05) is 5.32 Å². The molecule has 0 aliphatic carbocycles. The van der Waals surface area contributed by atoms with Crippen LogP contribution in [0.15, 0.2) is 60.7 Å². The van der Waals surface area contributed by atoms with Crippen LogP contribution in [-0.2, 0) is 20.9 Å². The second kappa shape index (κ2) is 8.12. The van der Waals surface area contributed by atoms with Crippen molar-refractivity contribution in [1.29, 1.82) is 0 Å². The van der Waals surface area contributed by atoms with Gasteiger partial charge in [0, 0.05) is 18.5 Å². The fourth-order valence-corrected chi connectivity index (χ4v) is 2.11. The van der Waals surface area contributed by atoms with E-state index >= 15 is 0 Å². The normalized spacial score (nSPS) is 12.9. The molecule has 2 aromatic rings. The number of benzene rings is 2. The molecular formula is C18H20N2O4. The molecular weight excluding hydrogens is 308 g/mol. The highest BCUT2D eigenvalue weighted by molar-refractivity contribution is 5.83. The van der Waals surface area contributed by atoms with Crippen LogP contribution in [0, 0.1) is 0 Å². The van der Waals surface area contributed by atoms with Gasteiger partial charge in [0.1, 0.15) is 6.61 Å². The molecule has 0 aliphatic rings. The van der Waals surface area contributed by atoms with Crippen LogP contribution < -0.4 is 11.1 Å². The Kier molecular flexibility index (Phi) is 5.92. The summed E-state index contributed by atoms with van der Waals surface area (Å²) in [6.45, 7) is 0.149. The third-order valence-corrected chi connectivity index (χ3v) is 3.49. The van der Waals surface area contributed by atoms with Gasteiger partial charge < -0.3 is 15.2 Å². The van der Waals surface area contributed by atoms with Crippen molar-refractivity contribution in [2.24, 2.45) is 5.73 Å². The molecule has 0 saturated heterocycles. The molecule has 4 N–H and O–H groups in total. The van der Waals surface area contributed by atoms with Gasteiger partial charge in [-0.25, -0.2) is 4.79 Å². The molecule has 0 unspecified atom stereocenters. The maximum atomic E-state index is 11.8. The van der Waals surface area contributed by atoms with Crippen molar-refractivity contribution < 1.29 is 19.4 Å². The van der Waals surface area contributed by atoms with Crippen LogP contribution in [-0.4, -0.2) is 22.7 Å². The predicted molar refractivity (Wildman–Crippen MR) is 90.1 cm³/mol. The van der Waals surface area contributed by atoms with Crippen LogP contribution in [0.25, 0.3) is 0 Å². The van der Waals surface area contributed by atoms with Gasteiger partial charge >= 0.3 is 11.9 Å². The van der Waals surface area contributed by atoms with Crippen molar-refractivity contribution in [3.8, 4) is 0 Å². The minimum absolute atomic E-state index is 0.0924. The largest absolute Gasteiger partial charge is 0.478 e. The standard InChI is InChI=1S/C18H20N2O4/c19-18(17(22)23,20-15-9-5-2-6-10-15)12-11-16(21)24-13-14-7-3-1-4-8-14/h1-10,20H,11-13,19H2,(H,22,23)/t18-/m1/s1. The topological polar surface area (TPSA) is 102 Å². The molecule has 0 bridgehead atoms. The van der Waals surface area contributed by atoms with Gasteiger partial charge in [-0.1, -0.05) is 48.5 Å². The van der Waals surface area contributed by atoms with E-state index in [1.54, 1.807) is 24.3 Å². The van der Waals surface area contributed by atoms with E-state index in [1.165, 1.54) is 0 Å². The highest BCUT2D eigenvalue weighted by atomic mass is 16.5. The molecule has 0 amide bonds. The Balaban J connectivity index is 1.88. The monoisotopic (exact) mass is 328 g/mol. The fraction of sp³-hybridized carbons (Fsp3) is 0.222. The molecule has 0 fully saturated rings. The first-order valence-corrected chi connectivity index (χ1v) is 7.55. The Morgan fingerprint density at radius 1 is 1.04 bits per heavy atom. The molecule has 2 rings (SSSR count). The average molecular weight is 328 g/mol. The predicted octanol–water partition coefficient (Wildman–Crippen LogP) is 2.36. The molecule has 0 saturated carbocycles. The molecule has 0 radical (unpaired) electrons. The molecule has 1 atom stereocenters. The first-order valence-electron chi connectivity index (χ1n) is 7.55. The molecule has 0 spiro atoms. The lowest BCUT2D eigenvalue weighted by atomic mass is 10.0. The molecule has 6 nitrogen and oxygen atoms in total. The van der Waals surface area contributed by atoms with Crippen LogP contribution in [0.1, 0.15) is 18.4 Å². The summed E-state index contributed by atoms with van der Waals surface area (Å²) in [6, 6.07) is 18.0. The number of aliphatic carboxylic acids is 1. The summed E-state index contributed by atoms with van der Waals surface area (Å²) in [4.78, 5) is 23.3. The zero-order valence-corrected chi connectivity index (χ0v) is 13.1. The summed E-state index contributed by atoms with van der Waals surface area (Å²) < 4.78 is 5.14. The van der Waals surface area contributed by atoms with E-state index in [0.29, 0.717) is 5.69 Å². The lowest BCUT2D eigenvalue weighted by Crippen LogP contribution is -2.55. The summed E-state index contributed by atoms with van der Waals surface area (Å²) in [5.41, 5.74) is 5.60. The summed E-state index contributed by atoms with van der Waals surface area (Å²) in [7, 11) is 0. The highest BCUT2D eigenvalue weighted by Gasteiger charge is 2.34. The van der Waals surface area contributed by atoms with Gasteiger partial charge in [0.2, 0.25) is 0 Å². The summed E-state index contributed by atoms with van der Waals surface area (Å²) in [5.74, 6) is -1.73. The third-order valence-electron chi connectivity index (χ3n) is 3.49. The minimum Gasteiger partial charge on any atom is -0.478 e. The number of hydrogen-bond acceptors (Lipinski definition) is 5. The van der Waals surface area contributed by atoms with Crippen LogP contribution >= 0.6 is 0 Å². The lowest BCUT2D eigenvalue weighted by molar-refractivity contribution is -0.146.